The Labute approximate surface area is 115 Å². The summed E-state index contributed by atoms with van der Waals surface area (Å²) in [4.78, 5) is 12.6. The molecule has 0 radical (unpaired) electrons. The third-order valence-electron chi connectivity index (χ3n) is 3.10. The van der Waals surface area contributed by atoms with Crippen LogP contribution in [-0.4, -0.2) is 10.3 Å². The van der Waals surface area contributed by atoms with Gasteiger partial charge in [-0.3, -0.25) is 4.79 Å². The molecule has 98 valence electrons. The van der Waals surface area contributed by atoms with Crippen LogP contribution in [0.15, 0.2) is 30.5 Å². The summed E-state index contributed by atoms with van der Waals surface area (Å²) in [6.45, 7) is 0.523. The van der Waals surface area contributed by atoms with Crippen LogP contribution in [0.4, 0.5) is 5.69 Å². The fourth-order valence-corrected chi connectivity index (χ4v) is 2.67. The Morgan fingerprint density at radius 2 is 2.26 bits per heavy atom. The van der Waals surface area contributed by atoms with E-state index in [0.29, 0.717) is 13.0 Å². The fourth-order valence-electron chi connectivity index (χ4n) is 2.18. The normalized spacial score (nSPS) is 14.4. The predicted molar refractivity (Wildman–Crippen MR) is 74.5 cm³/mol. The molecule has 0 aliphatic carbocycles. The van der Waals surface area contributed by atoms with E-state index in [4.69, 9.17) is 4.74 Å². The average molecular weight is 274 g/mol. The van der Waals surface area contributed by atoms with Crippen LogP contribution in [0.2, 0.25) is 0 Å². The van der Waals surface area contributed by atoms with E-state index in [2.05, 4.69) is 9.69 Å². The smallest absolute Gasteiger partial charge is 0.224 e. The Morgan fingerprint density at radius 1 is 1.32 bits per heavy atom. The molecule has 1 aromatic carbocycles. The largest absolute Gasteiger partial charge is 0.488 e. The maximum atomic E-state index is 11.5. The molecule has 0 spiro atoms. The van der Waals surface area contributed by atoms with Gasteiger partial charge in [-0.05, 0) is 42.6 Å². The van der Waals surface area contributed by atoms with Crippen molar-refractivity contribution in [2.24, 2.45) is 0 Å². The van der Waals surface area contributed by atoms with E-state index >= 15 is 0 Å². The lowest BCUT2D eigenvalue weighted by molar-refractivity contribution is -0.116. The molecule has 5 heteroatoms. The molecule has 1 amide bonds. The molecule has 1 aliphatic rings. The Hall–Kier alpha value is -1.88. The van der Waals surface area contributed by atoms with Crippen molar-refractivity contribution in [2.45, 2.75) is 25.9 Å². The molecule has 0 bridgehead atoms. The van der Waals surface area contributed by atoms with Crippen LogP contribution in [0.3, 0.4) is 0 Å². The number of aromatic nitrogens is 1. The topological polar surface area (TPSA) is 51.2 Å². The molecule has 0 saturated carbocycles. The zero-order valence-corrected chi connectivity index (χ0v) is 11.2. The molecular formula is C14H14N2O2S. The second-order valence-corrected chi connectivity index (χ2v) is 5.37. The molecule has 1 aromatic heterocycles. The Bertz CT molecular complexity index is 581. The van der Waals surface area contributed by atoms with Gasteiger partial charge in [0.2, 0.25) is 5.91 Å². The van der Waals surface area contributed by atoms with Gasteiger partial charge in [-0.25, -0.2) is 4.37 Å². The zero-order valence-electron chi connectivity index (χ0n) is 10.4. The van der Waals surface area contributed by atoms with Gasteiger partial charge in [0, 0.05) is 23.9 Å². The number of nitrogens with one attached hydrogen (secondary N) is 1. The number of benzene rings is 1. The summed E-state index contributed by atoms with van der Waals surface area (Å²) in [5.74, 6) is 0.937. The number of ether oxygens (including phenoxy) is 1. The first kappa shape index (κ1) is 12.2. The van der Waals surface area contributed by atoms with E-state index < -0.39 is 0 Å². The van der Waals surface area contributed by atoms with Crippen molar-refractivity contribution in [3.05, 3.63) is 40.9 Å². The van der Waals surface area contributed by atoms with E-state index in [9.17, 15) is 4.79 Å². The summed E-state index contributed by atoms with van der Waals surface area (Å²) in [5, 5.41) is 2.93. The molecule has 2 aromatic rings. The van der Waals surface area contributed by atoms with Gasteiger partial charge < -0.3 is 10.1 Å². The number of hydrogen-bond acceptors (Lipinski definition) is 4. The van der Waals surface area contributed by atoms with Crippen LogP contribution in [0, 0.1) is 0 Å². The van der Waals surface area contributed by atoms with Gasteiger partial charge in [-0.1, -0.05) is 6.07 Å². The van der Waals surface area contributed by atoms with Crippen molar-refractivity contribution in [3.63, 3.8) is 0 Å². The first-order chi connectivity index (χ1) is 9.33. The third kappa shape index (κ3) is 2.76. The van der Waals surface area contributed by atoms with Gasteiger partial charge in [-0.15, -0.1) is 0 Å². The molecule has 0 unspecified atom stereocenters. The summed E-state index contributed by atoms with van der Waals surface area (Å²) < 4.78 is 9.91. The van der Waals surface area contributed by atoms with Crippen molar-refractivity contribution in [1.29, 1.82) is 0 Å². The van der Waals surface area contributed by atoms with E-state index in [1.807, 2.05) is 24.3 Å². The summed E-state index contributed by atoms with van der Waals surface area (Å²) in [6, 6.07) is 7.75. The van der Waals surface area contributed by atoms with Crippen LogP contribution in [0.5, 0.6) is 5.75 Å². The maximum Gasteiger partial charge on any atom is 0.224 e. The number of hydrogen-bond donors (Lipinski definition) is 1. The zero-order chi connectivity index (χ0) is 13.1. The Morgan fingerprint density at radius 3 is 3.11 bits per heavy atom. The lowest BCUT2D eigenvalue weighted by atomic mass is 10.1. The number of fused-ring (bicyclic) bond motifs is 1. The SMILES string of the molecule is O=C1CCCc2c(cccc2OCc2ccns2)N1. The summed E-state index contributed by atoms with van der Waals surface area (Å²) in [6.07, 6.45) is 4.07. The summed E-state index contributed by atoms with van der Waals surface area (Å²) in [7, 11) is 0. The van der Waals surface area contributed by atoms with Crippen LogP contribution in [0.1, 0.15) is 23.3 Å². The highest BCUT2D eigenvalue weighted by molar-refractivity contribution is 7.05. The van der Waals surface area contributed by atoms with Crippen LogP contribution >= 0.6 is 11.5 Å². The van der Waals surface area contributed by atoms with Crippen molar-refractivity contribution in [2.75, 3.05) is 5.32 Å². The minimum absolute atomic E-state index is 0.0818. The van der Waals surface area contributed by atoms with Crippen molar-refractivity contribution < 1.29 is 9.53 Å². The molecule has 3 rings (SSSR count). The second-order valence-electron chi connectivity index (χ2n) is 4.45. The van der Waals surface area contributed by atoms with Gasteiger partial charge in [0.1, 0.15) is 12.4 Å². The molecule has 0 fully saturated rings. The predicted octanol–water partition coefficient (Wildman–Crippen LogP) is 3.00. The lowest BCUT2D eigenvalue weighted by Crippen LogP contribution is -2.09. The number of anilines is 1. The van der Waals surface area contributed by atoms with Crippen molar-refractivity contribution >= 4 is 23.1 Å². The second kappa shape index (κ2) is 5.40. The number of amides is 1. The average Bonchev–Trinajstić information content (AvgIpc) is 2.84. The van der Waals surface area contributed by atoms with E-state index in [1.165, 1.54) is 11.5 Å². The highest BCUT2D eigenvalue weighted by Crippen LogP contribution is 2.31. The number of nitrogens with zero attached hydrogens (tertiary/aromatic N) is 1. The van der Waals surface area contributed by atoms with Crippen LogP contribution in [0.25, 0.3) is 0 Å². The lowest BCUT2D eigenvalue weighted by Gasteiger charge is -2.13. The molecule has 0 atom stereocenters. The fraction of sp³-hybridized carbons (Fsp3) is 0.286. The number of carbonyl (C=O) groups excluding carboxylic acids is 1. The van der Waals surface area contributed by atoms with E-state index in [0.717, 1.165) is 34.7 Å². The van der Waals surface area contributed by atoms with Gasteiger partial charge >= 0.3 is 0 Å². The van der Waals surface area contributed by atoms with Crippen LogP contribution < -0.4 is 10.1 Å². The monoisotopic (exact) mass is 274 g/mol. The minimum atomic E-state index is 0.0818. The standard InChI is InChI=1S/C14H14N2O2S/c17-14-6-1-3-11-12(16-14)4-2-5-13(11)18-9-10-7-8-15-19-10/h2,4-5,7-8H,1,3,6,9H2,(H,16,17). The first-order valence-electron chi connectivity index (χ1n) is 6.27. The molecular weight excluding hydrogens is 260 g/mol. The Balaban J connectivity index is 1.82. The highest BCUT2D eigenvalue weighted by atomic mass is 32.1. The van der Waals surface area contributed by atoms with Gasteiger partial charge in [0.25, 0.3) is 0 Å². The summed E-state index contributed by atoms with van der Waals surface area (Å²) in [5.41, 5.74) is 1.97. The van der Waals surface area contributed by atoms with E-state index in [-0.39, 0.29) is 5.91 Å². The Kier molecular flexibility index (Phi) is 3.46. The molecule has 2 heterocycles. The molecule has 19 heavy (non-hydrogen) atoms. The minimum Gasteiger partial charge on any atom is -0.488 e. The molecule has 0 saturated heterocycles. The number of carbonyl (C=O) groups is 1. The van der Waals surface area contributed by atoms with Gasteiger partial charge in [0.15, 0.2) is 0 Å². The third-order valence-corrected chi connectivity index (χ3v) is 3.81. The highest BCUT2D eigenvalue weighted by Gasteiger charge is 2.16. The van der Waals surface area contributed by atoms with Crippen LogP contribution in [-0.2, 0) is 17.8 Å². The number of rotatable bonds is 3. The van der Waals surface area contributed by atoms with E-state index in [1.54, 1.807) is 6.20 Å². The molecule has 1 aliphatic heterocycles. The molecule has 1 N–H and O–H groups in total. The van der Waals surface area contributed by atoms with Gasteiger partial charge in [-0.2, -0.15) is 0 Å². The first-order valence-corrected chi connectivity index (χ1v) is 7.04. The van der Waals surface area contributed by atoms with Crippen molar-refractivity contribution in [1.82, 2.24) is 4.37 Å². The maximum absolute atomic E-state index is 11.5. The quantitative estimate of drug-likeness (QED) is 0.936. The van der Waals surface area contributed by atoms with Crippen molar-refractivity contribution in [3.8, 4) is 5.75 Å². The molecule has 4 nitrogen and oxygen atoms in total. The van der Waals surface area contributed by atoms with Gasteiger partial charge in [0.05, 0.1) is 4.88 Å². The summed E-state index contributed by atoms with van der Waals surface area (Å²) >= 11 is 1.44.